The quantitative estimate of drug-likeness (QED) is 0.878. The maximum atomic E-state index is 11.3. The Kier molecular flexibility index (Phi) is 3.53. The Bertz CT molecular complexity index is 530. The van der Waals surface area contributed by atoms with Crippen molar-refractivity contribution in [3.63, 3.8) is 0 Å². The van der Waals surface area contributed by atoms with Crippen LogP contribution in [0, 0.1) is 0 Å². The fourth-order valence-corrected chi connectivity index (χ4v) is 2.75. The minimum atomic E-state index is -0.275. The topological polar surface area (TPSA) is 64.8 Å². The highest BCUT2D eigenvalue weighted by atomic mass is 16.5. The third-order valence-electron chi connectivity index (χ3n) is 4.07. The summed E-state index contributed by atoms with van der Waals surface area (Å²) in [6, 6.07) is 3.90. The summed E-state index contributed by atoms with van der Waals surface area (Å²) in [5.41, 5.74) is 7.88. The molecule has 0 saturated carbocycles. The van der Waals surface area contributed by atoms with Crippen LogP contribution in [0.3, 0.4) is 0 Å². The molecule has 5 heteroatoms. The summed E-state index contributed by atoms with van der Waals surface area (Å²) in [4.78, 5) is 13.4. The molecule has 1 aromatic rings. The Morgan fingerprint density at radius 2 is 1.90 bits per heavy atom. The van der Waals surface area contributed by atoms with Gasteiger partial charge >= 0.3 is 0 Å². The number of primary amides is 1. The van der Waals surface area contributed by atoms with Gasteiger partial charge in [0.1, 0.15) is 0 Å². The smallest absolute Gasteiger partial charge is 0.234 e. The van der Waals surface area contributed by atoms with Gasteiger partial charge in [0.2, 0.25) is 5.91 Å². The lowest BCUT2D eigenvalue weighted by Gasteiger charge is -2.32. The molecule has 0 saturated heterocycles. The Morgan fingerprint density at radius 3 is 2.55 bits per heavy atom. The molecule has 5 nitrogen and oxygen atoms in total. The molecule has 0 aliphatic carbocycles. The lowest BCUT2D eigenvalue weighted by Crippen LogP contribution is -2.45. The van der Waals surface area contributed by atoms with Crippen LogP contribution in [0.15, 0.2) is 12.1 Å². The number of ether oxygens (including phenoxy) is 2. The summed E-state index contributed by atoms with van der Waals surface area (Å²) in [7, 11) is 0. The molecule has 2 heterocycles. The van der Waals surface area contributed by atoms with Crippen molar-refractivity contribution in [2.75, 3.05) is 19.8 Å². The normalized spacial score (nSPS) is 19.9. The maximum absolute atomic E-state index is 11.3. The third-order valence-corrected chi connectivity index (χ3v) is 4.07. The average molecular weight is 276 g/mol. The summed E-state index contributed by atoms with van der Waals surface area (Å²) in [5.74, 6) is 1.38. The van der Waals surface area contributed by atoms with Crippen molar-refractivity contribution in [1.82, 2.24) is 4.90 Å². The number of benzene rings is 1. The first-order valence-electron chi connectivity index (χ1n) is 7.10. The minimum absolute atomic E-state index is 0.237. The van der Waals surface area contributed by atoms with Gasteiger partial charge in [-0.1, -0.05) is 0 Å². The van der Waals surface area contributed by atoms with Crippen molar-refractivity contribution in [3.05, 3.63) is 23.3 Å². The van der Waals surface area contributed by atoms with Gasteiger partial charge in [0, 0.05) is 19.5 Å². The van der Waals surface area contributed by atoms with Crippen molar-refractivity contribution in [1.29, 1.82) is 0 Å². The number of nitrogens with zero attached hydrogens (tertiary/aromatic N) is 1. The van der Waals surface area contributed by atoms with E-state index < -0.39 is 0 Å². The van der Waals surface area contributed by atoms with Gasteiger partial charge in [0.25, 0.3) is 0 Å². The first-order valence-corrected chi connectivity index (χ1v) is 7.10. The Hall–Kier alpha value is -1.75. The second-order valence-corrected chi connectivity index (χ2v) is 5.42. The Balaban J connectivity index is 1.86. The third kappa shape index (κ3) is 2.45. The summed E-state index contributed by atoms with van der Waals surface area (Å²) >= 11 is 0. The van der Waals surface area contributed by atoms with Gasteiger partial charge in [-0.15, -0.1) is 0 Å². The van der Waals surface area contributed by atoms with E-state index in [1.807, 2.05) is 6.92 Å². The maximum Gasteiger partial charge on any atom is 0.234 e. The molecule has 0 bridgehead atoms. The SMILES string of the molecule is CC(C(N)=O)N1CCc2cc3c(cc2C1)OCCCO3. The van der Waals surface area contributed by atoms with E-state index in [1.165, 1.54) is 11.1 Å². The molecule has 2 aliphatic heterocycles. The Morgan fingerprint density at radius 1 is 1.25 bits per heavy atom. The number of nitrogens with two attached hydrogens (primary N) is 1. The van der Waals surface area contributed by atoms with Crippen molar-refractivity contribution in [2.45, 2.75) is 32.4 Å². The van der Waals surface area contributed by atoms with E-state index in [0.29, 0.717) is 13.2 Å². The number of hydrogen-bond acceptors (Lipinski definition) is 4. The molecule has 1 unspecified atom stereocenters. The molecule has 1 amide bonds. The highest BCUT2D eigenvalue weighted by Gasteiger charge is 2.25. The van der Waals surface area contributed by atoms with Crippen molar-refractivity contribution >= 4 is 5.91 Å². The molecule has 1 atom stereocenters. The molecule has 108 valence electrons. The fourth-order valence-electron chi connectivity index (χ4n) is 2.75. The van der Waals surface area contributed by atoms with Crippen LogP contribution in [0.2, 0.25) is 0 Å². The lowest BCUT2D eigenvalue weighted by atomic mass is 9.97. The molecular formula is C15H20N2O3. The molecule has 0 aromatic heterocycles. The predicted octanol–water partition coefficient (Wildman–Crippen LogP) is 1.08. The standard InChI is InChI=1S/C15H20N2O3/c1-10(15(16)18)17-4-3-11-7-13-14(8-12(11)9-17)20-6-2-5-19-13/h7-8,10H,2-6,9H2,1H3,(H2,16,18). The van der Waals surface area contributed by atoms with Crippen LogP contribution in [-0.4, -0.2) is 36.6 Å². The summed E-state index contributed by atoms with van der Waals surface area (Å²) in [5, 5.41) is 0. The van der Waals surface area contributed by atoms with Gasteiger partial charge in [-0.3, -0.25) is 9.69 Å². The number of rotatable bonds is 2. The summed E-state index contributed by atoms with van der Waals surface area (Å²) in [6.07, 6.45) is 1.81. The molecule has 2 aliphatic rings. The molecule has 2 N–H and O–H groups in total. The molecule has 0 fully saturated rings. The van der Waals surface area contributed by atoms with Crippen LogP contribution < -0.4 is 15.2 Å². The minimum Gasteiger partial charge on any atom is -0.490 e. The molecule has 0 spiro atoms. The van der Waals surface area contributed by atoms with Crippen LogP contribution in [-0.2, 0) is 17.8 Å². The van der Waals surface area contributed by atoms with E-state index in [0.717, 1.165) is 37.4 Å². The van der Waals surface area contributed by atoms with Crippen LogP contribution in [0.25, 0.3) is 0 Å². The molecule has 20 heavy (non-hydrogen) atoms. The highest BCUT2D eigenvalue weighted by molar-refractivity contribution is 5.79. The largest absolute Gasteiger partial charge is 0.490 e. The second kappa shape index (κ2) is 5.32. The predicted molar refractivity (Wildman–Crippen MR) is 74.8 cm³/mol. The summed E-state index contributed by atoms with van der Waals surface area (Å²) in [6.45, 7) is 4.83. The van der Waals surface area contributed by atoms with E-state index in [1.54, 1.807) is 0 Å². The van der Waals surface area contributed by atoms with E-state index in [9.17, 15) is 4.79 Å². The van der Waals surface area contributed by atoms with Crippen LogP contribution in [0.5, 0.6) is 11.5 Å². The van der Waals surface area contributed by atoms with E-state index >= 15 is 0 Å². The first kappa shape index (κ1) is 13.2. The van der Waals surface area contributed by atoms with Gasteiger partial charge in [-0.05, 0) is 36.6 Å². The zero-order valence-electron chi connectivity index (χ0n) is 11.7. The second-order valence-electron chi connectivity index (χ2n) is 5.42. The summed E-state index contributed by atoms with van der Waals surface area (Å²) < 4.78 is 11.4. The van der Waals surface area contributed by atoms with Gasteiger partial charge in [-0.25, -0.2) is 0 Å². The molecule has 3 rings (SSSR count). The monoisotopic (exact) mass is 276 g/mol. The van der Waals surface area contributed by atoms with Crippen molar-refractivity contribution in [2.24, 2.45) is 5.73 Å². The van der Waals surface area contributed by atoms with E-state index in [2.05, 4.69) is 17.0 Å². The van der Waals surface area contributed by atoms with E-state index in [-0.39, 0.29) is 11.9 Å². The molecule has 1 aromatic carbocycles. The van der Waals surface area contributed by atoms with Crippen molar-refractivity contribution in [3.8, 4) is 11.5 Å². The number of amides is 1. The lowest BCUT2D eigenvalue weighted by molar-refractivity contribution is -0.123. The van der Waals surface area contributed by atoms with Gasteiger partial charge < -0.3 is 15.2 Å². The van der Waals surface area contributed by atoms with Crippen molar-refractivity contribution < 1.29 is 14.3 Å². The zero-order chi connectivity index (χ0) is 14.1. The number of fused-ring (bicyclic) bond motifs is 2. The average Bonchev–Trinajstić information content (AvgIpc) is 2.68. The van der Waals surface area contributed by atoms with Crippen LogP contribution in [0.4, 0.5) is 0 Å². The highest BCUT2D eigenvalue weighted by Crippen LogP contribution is 2.35. The van der Waals surface area contributed by atoms with Gasteiger partial charge in [0.15, 0.2) is 11.5 Å². The zero-order valence-corrected chi connectivity index (χ0v) is 11.7. The first-order chi connectivity index (χ1) is 9.65. The van der Waals surface area contributed by atoms with Crippen LogP contribution >= 0.6 is 0 Å². The molecular weight excluding hydrogens is 256 g/mol. The van der Waals surface area contributed by atoms with Crippen LogP contribution in [0.1, 0.15) is 24.5 Å². The number of carbonyl (C=O) groups excluding carboxylic acids is 1. The van der Waals surface area contributed by atoms with Gasteiger partial charge in [0.05, 0.1) is 19.3 Å². The van der Waals surface area contributed by atoms with E-state index in [4.69, 9.17) is 15.2 Å². The number of carbonyl (C=O) groups is 1. The van der Waals surface area contributed by atoms with Gasteiger partial charge in [-0.2, -0.15) is 0 Å². The Labute approximate surface area is 118 Å². The molecule has 0 radical (unpaired) electrons. The number of hydrogen-bond donors (Lipinski definition) is 1. The fraction of sp³-hybridized carbons (Fsp3) is 0.533.